The molecule has 3 aliphatic rings. The van der Waals surface area contributed by atoms with Gasteiger partial charge in [-0.1, -0.05) is 30.3 Å². The highest BCUT2D eigenvalue weighted by molar-refractivity contribution is 6.10. The molecule has 1 aliphatic heterocycles. The number of nitro groups is 1. The predicted molar refractivity (Wildman–Crippen MR) is 115 cm³/mol. The summed E-state index contributed by atoms with van der Waals surface area (Å²) < 4.78 is 0. The number of fused-ring (bicyclic) bond motifs is 5. The third-order valence-electron chi connectivity index (χ3n) is 7.19. The summed E-state index contributed by atoms with van der Waals surface area (Å²) in [4.78, 5) is 51.6. The molecule has 1 heterocycles. The molecule has 8 heteroatoms. The average molecular weight is 433 g/mol. The molecular weight excluding hydrogens is 410 g/mol. The van der Waals surface area contributed by atoms with Crippen LogP contribution in [-0.2, 0) is 20.8 Å². The van der Waals surface area contributed by atoms with E-state index in [4.69, 9.17) is 0 Å². The van der Waals surface area contributed by atoms with E-state index in [0.29, 0.717) is 5.69 Å². The minimum absolute atomic E-state index is 0.0861. The molecule has 2 saturated carbocycles. The molecule has 0 unspecified atom stereocenters. The van der Waals surface area contributed by atoms with Crippen molar-refractivity contribution < 1.29 is 19.3 Å². The molecule has 0 radical (unpaired) electrons. The van der Waals surface area contributed by atoms with Crippen molar-refractivity contribution in [3.8, 4) is 0 Å². The van der Waals surface area contributed by atoms with Gasteiger partial charge in [-0.25, -0.2) is 0 Å². The third-order valence-corrected chi connectivity index (χ3v) is 7.19. The summed E-state index contributed by atoms with van der Waals surface area (Å²) in [5, 5.41) is 13.6. The van der Waals surface area contributed by atoms with Crippen LogP contribution in [0.1, 0.15) is 24.8 Å². The Hall–Kier alpha value is -3.55. The van der Waals surface area contributed by atoms with E-state index in [1.807, 2.05) is 30.3 Å². The zero-order valence-corrected chi connectivity index (χ0v) is 17.3. The van der Waals surface area contributed by atoms with E-state index in [0.717, 1.165) is 24.8 Å². The van der Waals surface area contributed by atoms with Crippen LogP contribution in [0.3, 0.4) is 0 Å². The lowest BCUT2D eigenvalue weighted by Crippen LogP contribution is -2.49. The number of nitrogens with zero attached hydrogens (tertiary/aromatic N) is 2. The number of rotatable bonds is 6. The number of non-ortho nitro benzene ring substituents is 1. The number of hydrogen-bond donors (Lipinski definition) is 1. The molecule has 1 saturated heterocycles. The molecule has 5 atom stereocenters. The van der Waals surface area contributed by atoms with E-state index >= 15 is 0 Å². The summed E-state index contributed by atoms with van der Waals surface area (Å²) in [6, 6.07) is 13.8. The average Bonchev–Trinajstić information content (AvgIpc) is 3.47. The van der Waals surface area contributed by atoms with Crippen molar-refractivity contribution in [2.75, 3.05) is 5.32 Å². The van der Waals surface area contributed by atoms with E-state index in [2.05, 4.69) is 5.32 Å². The highest BCUT2D eigenvalue weighted by Gasteiger charge is 2.62. The van der Waals surface area contributed by atoms with Gasteiger partial charge in [0.1, 0.15) is 6.04 Å². The monoisotopic (exact) mass is 433 g/mol. The number of nitrogens with one attached hydrogen (secondary N) is 1. The highest BCUT2D eigenvalue weighted by atomic mass is 16.6. The molecule has 2 aromatic rings. The lowest BCUT2D eigenvalue weighted by molar-refractivity contribution is -0.384. The van der Waals surface area contributed by atoms with Crippen molar-refractivity contribution in [3.63, 3.8) is 0 Å². The molecule has 2 bridgehead atoms. The Labute approximate surface area is 184 Å². The van der Waals surface area contributed by atoms with Crippen LogP contribution >= 0.6 is 0 Å². The zero-order valence-electron chi connectivity index (χ0n) is 17.3. The first-order valence-electron chi connectivity index (χ1n) is 10.9. The van der Waals surface area contributed by atoms with Gasteiger partial charge in [0, 0.05) is 24.2 Å². The summed E-state index contributed by atoms with van der Waals surface area (Å²) >= 11 is 0. The topological polar surface area (TPSA) is 110 Å². The first-order chi connectivity index (χ1) is 15.4. The molecular formula is C24H23N3O5. The quantitative estimate of drug-likeness (QED) is 0.427. The van der Waals surface area contributed by atoms with E-state index < -0.39 is 16.9 Å². The van der Waals surface area contributed by atoms with Crippen LogP contribution in [0.4, 0.5) is 11.4 Å². The Morgan fingerprint density at radius 2 is 1.59 bits per heavy atom. The van der Waals surface area contributed by atoms with Crippen LogP contribution in [0.15, 0.2) is 54.6 Å². The lowest BCUT2D eigenvalue weighted by atomic mass is 9.81. The largest absolute Gasteiger partial charge is 0.324 e. The van der Waals surface area contributed by atoms with Crippen LogP contribution in [0.2, 0.25) is 0 Å². The second-order valence-electron chi connectivity index (χ2n) is 8.93. The molecule has 0 aromatic heterocycles. The Balaban J connectivity index is 1.43. The molecule has 3 fully saturated rings. The Morgan fingerprint density at radius 1 is 1.00 bits per heavy atom. The molecule has 164 valence electrons. The zero-order chi connectivity index (χ0) is 22.4. The highest BCUT2D eigenvalue weighted by Crippen LogP contribution is 2.56. The van der Waals surface area contributed by atoms with Crippen molar-refractivity contribution in [1.29, 1.82) is 0 Å². The Kier molecular flexibility index (Phi) is 5.00. The van der Waals surface area contributed by atoms with Gasteiger partial charge in [0.2, 0.25) is 17.7 Å². The van der Waals surface area contributed by atoms with E-state index in [9.17, 15) is 24.5 Å². The molecule has 3 amide bonds. The van der Waals surface area contributed by atoms with E-state index in [1.54, 1.807) is 0 Å². The first-order valence-corrected chi connectivity index (χ1v) is 10.9. The summed E-state index contributed by atoms with van der Waals surface area (Å²) in [6.07, 6.45) is 3.08. The summed E-state index contributed by atoms with van der Waals surface area (Å²) in [5.41, 5.74) is 1.13. The van der Waals surface area contributed by atoms with Crippen molar-refractivity contribution in [2.24, 2.45) is 23.7 Å². The van der Waals surface area contributed by atoms with Crippen molar-refractivity contribution in [3.05, 3.63) is 70.3 Å². The summed E-state index contributed by atoms with van der Waals surface area (Å²) in [6.45, 7) is 0. The fourth-order valence-corrected chi connectivity index (χ4v) is 5.77. The second kappa shape index (κ2) is 7.85. The molecule has 32 heavy (non-hydrogen) atoms. The van der Waals surface area contributed by atoms with Gasteiger partial charge in [-0.15, -0.1) is 0 Å². The standard InChI is InChI=1S/C24H23N3O5/c28-22(25-17-8-10-18(11-9-17)27(31)32)19(12-14-4-2-1-3-5-14)26-23(29)20-15-6-7-16(13-15)21(20)24(26)30/h1-5,8-11,15-16,19-21H,6-7,12-13H2,(H,25,28)/t15-,16-,19-,20-,21-/m0/s1. The fourth-order valence-electron chi connectivity index (χ4n) is 5.77. The van der Waals surface area contributed by atoms with Gasteiger partial charge in [-0.3, -0.25) is 29.4 Å². The van der Waals surface area contributed by atoms with Crippen LogP contribution in [0.5, 0.6) is 0 Å². The number of carbonyl (C=O) groups excluding carboxylic acids is 3. The maximum absolute atomic E-state index is 13.3. The lowest BCUT2D eigenvalue weighted by Gasteiger charge is -2.27. The van der Waals surface area contributed by atoms with E-state index in [1.165, 1.54) is 29.2 Å². The molecule has 2 aromatic carbocycles. The molecule has 8 nitrogen and oxygen atoms in total. The van der Waals surface area contributed by atoms with Gasteiger partial charge in [-0.2, -0.15) is 0 Å². The maximum atomic E-state index is 13.3. The number of anilines is 1. The number of hydrogen-bond acceptors (Lipinski definition) is 5. The number of benzene rings is 2. The van der Waals surface area contributed by atoms with E-state index in [-0.39, 0.29) is 47.6 Å². The summed E-state index contributed by atoms with van der Waals surface area (Å²) in [7, 11) is 0. The SMILES string of the molecule is O=C(Nc1ccc([N+](=O)[O-])cc1)[C@H](Cc1ccccc1)N1C(=O)[C@H]2[C@H]3CC[C@@H](C3)[C@@H]2C1=O. The van der Waals surface area contributed by atoms with Crippen molar-refractivity contribution in [2.45, 2.75) is 31.7 Å². The van der Waals surface area contributed by atoms with Gasteiger partial charge in [0.05, 0.1) is 16.8 Å². The Morgan fingerprint density at radius 3 is 2.16 bits per heavy atom. The number of likely N-dealkylation sites (tertiary alicyclic amines) is 1. The molecule has 1 N–H and O–H groups in total. The molecule has 5 rings (SSSR count). The van der Waals surface area contributed by atoms with Crippen LogP contribution < -0.4 is 5.32 Å². The Bertz CT molecular complexity index is 1060. The number of imide groups is 1. The van der Waals surface area contributed by atoms with Gasteiger partial charge in [-0.05, 0) is 48.8 Å². The van der Waals surface area contributed by atoms with Gasteiger partial charge in [0.15, 0.2) is 0 Å². The predicted octanol–water partition coefficient (Wildman–Crippen LogP) is 3.18. The minimum atomic E-state index is -0.974. The second-order valence-corrected chi connectivity index (χ2v) is 8.93. The molecule has 2 aliphatic carbocycles. The first kappa shape index (κ1) is 20.4. The molecule has 0 spiro atoms. The van der Waals surface area contributed by atoms with Crippen LogP contribution in [-0.4, -0.2) is 33.6 Å². The maximum Gasteiger partial charge on any atom is 0.269 e. The number of nitro benzene ring substituents is 1. The summed E-state index contributed by atoms with van der Waals surface area (Å²) in [5.74, 6) is -1.06. The van der Waals surface area contributed by atoms with Crippen molar-refractivity contribution >= 4 is 29.1 Å². The van der Waals surface area contributed by atoms with Crippen LogP contribution in [0, 0.1) is 33.8 Å². The van der Waals surface area contributed by atoms with Crippen LogP contribution in [0.25, 0.3) is 0 Å². The van der Waals surface area contributed by atoms with Gasteiger partial charge < -0.3 is 5.32 Å². The fraction of sp³-hybridized carbons (Fsp3) is 0.375. The number of amides is 3. The normalized spacial score (nSPS) is 26.8. The number of carbonyl (C=O) groups is 3. The van der Waals surface area contributed by atoms with Gasteiger partial charge in [0.25, 0.3) is 5.69 Å². The minimum Gasteiger partial charge on any atom is -0.324 e. The van der Waals surface area contributed by atoms with Gasteiger partial charge >= 0.3 is 0 Å². The third kappa shape index (κ3) is 3.36. The smallest absolute Gasteiger partial charge is 0.269 e. The van der Waals surface area contributed by atoms with Crippen molar-refractivity contribution in [1.82, 2.24) is 4.90 Å².